The van der Waals surface area contributed by atoms with E-state index in [-0.39, 0.29) is 17.4 Å². The van der Waals surface area contributed by atoms with Crippen LogP contribution in [0, 0.1) is 0 Å². The van der Waals surface area contributed by atoms with Crippen molar-refractivity contribution >= 4 is 18.5 Å². The molecule has 1 heterocycles. The molecule has 0 spiro atoms. The normalized spacial score (nSPS) is 11.7. The summed E-state index contributed by atoms with van der Waals surface area (Å²) >= 11 is 4.26. The van der Waals surface area contributed by atoms with E-state index >= 15 is 0 Å². The van der Waals surface area contributed by atoms with Gasteiger partial charge in [0.15, 0.2) is 0 Å². The average Bonchev–Trinajstić information content (AvgIpc) is 2.28. The zero-order valence-electron chi connectivity index (χ0n) is 11.5. The zero-order chi connectivity index (χ0) is 13.8. The van der Waals surface area contributed by atoms with Gasteiger partial charge in [-0.25, -0.2) is 0 Å². The van der Waals surface area contributed by atoms with Gasteiger partial charge >= 0.3 is 0 Å². The monoisotopic (exact) mass is 266 g/mol. The van der Waals surface area contributed by atoms with Gasteiger partial charge in [0.1, 0.15) is 0 Å². The fraction of sp³-hybridized carbons (Fsp3) is 0.571. The maximum Gasteiger partial charge on any atom is 0.253 e. The van der Waals surface area contributed by atoms with Crippen LogP contribution in [0.25, 0.3) is 0 Å². The number of pyridine rings is 1. The minimum Gasteiger partial charge on any atom is -0.350 e. The van der Waals surface area contributed by atoms with Crippen molar-refractivity contribution in [3.8, 4) is 0 Å². The van der Waals surface area contributed by atoms with Gasteiger partial charge in [-0.05, 0) is 38.2 Å². The second kappa shape index (κ2) is 6.23. The highest BCUT2D eigenvalue weighted by molar-refractivity contribution is 7.80. The molecular formula is C14H22N2OS. The molecule has 1 rings (SSSR count). The molecule has 18 heavy (non-hydrogen) atoms. The van der Waals surface area contributed by atoms with Gasteiger partial charge in [-0.1, -0.05) is 13.8 Å². The number of carbonyl (C=O) groups excluding carboxylic acids is 1. The molecule has 0 saturated carbocycles. The van der Waals surface area contributed by atoms with E-state index in [1.54, 1.807) is 6.20 Å². The first-order valence-electron chi connectivity index (χ1n) is 6.25. The molecule has 4 heteroatoms. The molecule has 1 aromatic heterocycles. The van der Waals surface area contributed by atoms with Crippen LogP contribution in [0.2, 0.25) is 0 Å². The molecule has 1 amide bonds. The third-order valence-corrected chi connectivity index (χ3v) is 3.10. The minimum absolute atomic E-state index is 0.00515. The maximum absolute atomic E-state index is 11.8. The summed E-state index contributed by atoms with van der Waals surface area (Å²) in [6, 6.07) is 3.90. The van der Waals surface area contributed by atoms with Crippen molar-refractivity contribution in [2.45, 2.75) is 45.6 Å². The summed E-state index contributed by atoms with van der Waals surface area (Å²) in [5, 5.41) is 2.85. The van der Waals surface area contributed by atoms with Crippen molar-refractivity contribution < 1.29 is 4.79 Å². The van der Waals surface area contributed by atoms with Crippen LogP contribution in [0.4, 0.5) is 0 Å². The fourth-order valence-corrected chi connectivity index (χ4v) is 2.24. The van der Waals surface area contributed by atoms with Crippen molar-refractivity contribution in [2.75, 3.05) is 5.75 Å². The van der Waals surface area contributed by atoms with Crippen LogP contribution >= 0.6 is 12.6 Å². The van der Waals surface area contributed by atoms with Crippen LogP contribution in [0.3, 0.4) is 0 Å². The lowest BCUT2D eigenvalue weighted by Gasteiger charge is -2.23. The third kappa shape index (κ3) is 4.02. The number of amides is 1. The Labute approximate surface area is 115 Å². The summed E-state index contributed by atoms with van der Waals surface area (Å²) in [5.41, 5.74) is 1.60. The predicted molar refractivity (Wildman–Crippen MR) is 78.3 cm³/mol. The molecule has 3 nitrogen and oxygen atoms in total. The number of thiol groups is 1. The summed E-state index contributed by atoms with van der Waals surface area (Å²) in [6.45, 7) is 8.16. The molecule has 0 radical (unpaired) electrons. The van der Waals surface area contributed by atoms with Crippen LogP contribution in [0.1, 0.15) is 50.2 Å². The molecule has 0 saturated heterocycles. The smallest absolute Gasteiger partial charge is 0.253 e. The first-order chi connectivity index (χ1) is 8.36. The van der Waals surface area contributed by atoms with E-state index in [2.05, 4.69) is 36.8 Å². The summed E-state index contributed by atoms with van der Waals surface area (Å²) in [7, 11) is 0. The summed E-state index contributed by atoms with van der Waals surface area (Å²) < 4.78 is 0. The Morgan fingerprint density at radius 3 is 2.56 bits per heavy atom. The van der Waals surface area contributed by atoms with Crippen LogP contribution in [-0.2, 0) is 5.41 Å². The molecule has 0 fully saturated rings. The molecule has 1 N–H and O–H groups in total. The number of hydrogen-bond acceptors (Lipinski definition) is 3. The summed E-state index contributed by atoms with van der Waals surface area (Å²) in [4.78, 5) is 16.2. The van der Waals surface area contributed by atoms with E-state index < -0.39 is 0 Å². The number of carbonyl (C=O) groups is 1. The number of rotatable bonds is 5. The fourth-order valence-electron chi connectivity index (χ4n) is 1.68. The average molecular weight is 266 g/mol. The first kappa shape index (κ1) is 15.0. The van der Waals surface area contributed by atoms with Crippen molar-refractivity contribution in [1.82, 2.24) is 10.3 Å². The number of aromatic nitrogens is 1. The number of nitrogens with one attached hydrogen (secondary N) is 1. The Morgan fingerprint density at radius 2 is 2.11 bits per heavy atom. The predicted octanol–water partition coefficient (Wildman–Crippen LogP) is 2.82. The topological polar surface area (TPSA) is 42.0 Å². The Kier molecular flexibility index (Phi) is 5.20. The van der Waals surface area contributed by atoms with E-state index in [1.807, 2.05) is 26.0 Å². The lowest BCUT2D eigenvalue weighted by molar-refractivity contribution is 0.0942. The van der Waals surface area contributed by atoms with Crippen LogP contribution in [0.5, 0.6) is 0 Å². The highest BCUT2D eigenvalue weighted by Gasteiger charge is 2.21. The highest BCUT2D eigenvalue weighted by Crippen LogP contribution is 2.25. The van der Waals surface area contributed by atoms with Crippen LogP contribution < -0.4 is 5.32 Å². The minimum atomic E-state index is -0.0731. The van der Waals surface area contributed by atoms with Gasteiger partial charge in [0.05, 0.1) is 5.56 Å². The van der Waals surface area contributed by atoms with Gasteiger partial charge in [-0.3, -0.25) is 9.78 Å². The van der Waals surface area contributed by atoms with Gasteiger partial charge in [-0.2, -0.15) is 12.6 Å². The van der Waals surface area contributed by atoms with E-state index in [1.165, 1.54) is 0 Å². The lowest BCUT2D eigenvalue weighted by Crippen LogP contribution is -2.30. The van der Waals surface area contributed by atoms with E-state index in [9.17, 15) is 4.79 Å². The van der Waals surface area contributed by atoms with Crippen LogP contribution in [-0.4, -0.2) is 22.7 Å². The Bertz CT molecular complexity index is 399. The van der Waals surface area contributed by atoms with Gasteiger partial charge in [-0.15, -0.1) is 0 Å². The van der Waals surface area contributed by atoms with Crippen molar-refractivity contribution in [1.29, 1.82) is 0 Å². The molecule has 0 aliphatic carbocycles. The first-order valence-corrected chi connectivity index (χ1v) is 6.88. The molecule has 0 aromatic carbocycles. The highest BCUT2D eigenvalue weighted by atomic mass is 32.1. The van der Waals surface area contributed by atoms with Gasteiger partial charge < -0.3 is 5.32 Å². The largest absolute Gasteiger partial charge is 0.350 e. The second-order valence-electron chi connectivity index (χ2n) is 5.42. The number of hydrogen-bond donors (Lipinski definition) is 2. The second-order valence-corrected chi connectivity index (χ2v) is 5.86. The Morgan fingerprint density at radius 1 is 1.44 bits per heavy atom. The van der Waals surface area contributed by atoms with Gasteiger partial charge in [0, 0.05) is 23.3 Å². The number of nitrogens with zero attached hydrogens (tertiary/aromatic N) is 1. The third-order valence-electron chi connectivity index (χ3n) is 2.88. The molecule has 0 bridgehead atoms. The quantitative estimate of drug-likeness (QED) is 0.805. The molecule has 0 atom stereocenters. The Hall–Kier alpha value is -1.03. The lowest BCUT2D eigenvalue weighted by atomic mass is 9.86. The SMILES string of the molecule is CC(C)NC(=O)c1ccc(C(C)(C)CCS)nc1. The van der Waals surface area contributed by atoms with E-state index in [4.69, 9.17) is 0 Å². The molecule has 100 valence electrons. The molecule has 0 aliphatic heterocycles. The molecule has 0 aliphatic rings. The molecule has 1 aromatic rings. The standard InChI is InChI=1S/C14H22N2OS/c1-10(2)16-13(17)11-5-6-12(15-9-11)14(3,4)7-8-18/h5-6,9-10,18H,7-8H2,1-4H3,(H,16,17). The Balaban J connectivity index is 2.83. The van der Waals surface area contributed by atoms with E-state index in [0.29, 0.717) is 5.56 Å². The van der Waals surface area contributed by atoms with E-state index in [0.717, 1.165) is 17.9 Å². The summed E-state index contributed by atoms with van der Waals surface area (Å²) in [5.74, 6) is 0.751. The van der Waals surface area contributed by atoms with Crippen molar-refractivity contribution in [3.63, 3.8) is 0 Å². The molecular weight excluding hydrogens is 244 g/mol. The van der Waals surface area contributed by atoms with Gasteiger partial charge in [0.25, 0.3) is 5.91 Å². The van der Waals surface area contributed by atoms with Crippen molar-refractivity contribution in [3.05, 3.63) is 29.6 Å². The van der Waals surface area contributed by atoms with Gasteiger partial charge in [0.2, 0.25) is 0 Å². The van der Waals surface area contributed by atoms with Crippen LogP contribution in [0.15, 0.2) is 18.3 Å². The zero-order valence-corrected chi connectivity index (χ0v) is 12.4. The maximum atomic E-state index is 11.8. The summed E-state index contributed by atoms with van der Waals surface area (Å²) in [6.07, 6.45) is 2.61. The molecule has 0 unspecified atom stereocenters. The van der Waals surface area contributed by atoms with Crippen molar-refractivity contribution in [2.24, 2.45) is 0 Å².